The maximum atomic E-state index is 12.7. The fourth-order valence-corrected chi connectivity index (χ4v) is 4.61. The van der Waals surface area contributed by atoms with E-state index < -0.39 is 22.7 Å². The number of hydrogen-bond donors (Lipinski definition) is 2. The molecule has 3 aliphatic carbocycles. The largest absolute Gasteiger partial charge is 0.481 e. The Morgan fingerprint density at radius 3 is 2.46 bits per heavy atom. The third-order valence-corrected chi connectivity index (χ3v) is 5.75. The third kappa shape index (κ3) is 1.97. The second-order valence-corrected chi connectivity index (χ2v) is 6.86. The Morgan fingerprint density at radius 2 is 1.88 bits per heavy atom. The number of benzene rings is 1. The van der Waals surface area contributed by atoms with Crippen LogP contribution in [0.4, 0.5) is 11.4 Å². The number of rotatable bonds is 4. The second kappa shape index (κ2) is 4.90. The van der Waals surface area contributed by atoms with E-state index in [1.54, 1.807) is 6.07 Å². The van der Waals surface area contributed by atoms with Crippen molar-refractivity contribution in [1.29, 1.82) is 0 Å². The summed E-state index contributed by atoms with van der Waals surface area (Å²) in [5.74, 6) is -2.80. The van der Waals surface area contributed by atoms with Crippen LogP contribution in [0.15, 0.2) is 36.4 Å². The molecule has 1 spiro atoms. The van der Waals surface area contributed by atoms with Crippen LogP contribution in [0.5, 0.6) is 0 Å². The van der Waals surface area contributed by atoms with Crippen molar-refractivity contribution in [3.05, 3.63) is 46.5 Å². The summed E-state index contributed by atoms with van der Waals surface area (Å²) in [5, 5.41) is 23.1. The van der Waals surface area contributed by atoms with E-state index in [1.807, 2.05) is 12.2 Å². The number of nitrogens with one attached hydrogen (secondary N) is 1. The van der Waals surface area contributed by atoms with Gasteiger partial charge in [0, 0.05) is 17.8 Å². The molecular formula is C17H16N2O5. The molecule has 2 saturated carbocycles. The molecule has 7 heteroatoms. The number of non-ortho nitro benzene ring substituents is 1. The number of amides is 1. The SMILES string of the molecule is O=C(O)C1C(C(=O)Nc2cccc([N+](=O)[O-])c2)C2C=CC1C21CC1. The Balaban J connectivity index is 1.60. The number of allylic oxidation sites excluding steroid dienone is 2. The molecular weight excluding hydrogens is 312 g/mol. The van der Waals surface area contributed by atoms with Crippen molar-refractivity contribution in [2.75, 3.05) is 5.32 Å². The highest BCUT2D eigenvalue weighted by molar-refractivity contribution is 5.97. The van der Waals surface area contributed by atoms with Crippen LogP contribution in [-0.2, 0) is 9.59 Å². The highest BCUT2D eigenvalue weighted by Gasteiger charge is 2.70. The quantitative estimate of drug-likeness (QED) is 0.501. The summed E-state index contributed by atoms with van der Waals surface area (Å²) < 4.78 is 0. The van der Waals surface area contributed by atoms with Gasteiger partial charge in [0.15, 0.2) is 0 Å². The van der Waals surface area contributed by atoms with Gasteiger partial charge in [-0.2, -0.15) is 0 Å². The lowest BCUT2D eigenvalue weighted by Gasteiger charge is -2.23. The molecule has 4 atom stereocenters. The van der Waals surface area contributed by atoms with Crippen LogP contribution in [0.25, 0.3) is 0 Å². The fraction of sp³-hybridized carbons (Fsp3) is 0.412. The number of aliphatic carboxylic acids is 1. The zero-order valence-electron chi connectivity index (χ0n) is 12.7. The van der Waals surface area contributed by atoms with Crippen LogP contribution < -0.4 is 5.32 Å². The predicted molar refractivity (Wildman–Crippen MR) is 84.1 cm³/mol. The van der Waals surface area contributed by atoms with Crippen LogP contribution in [0.1, 0.15) is 12.8 Å². The number of anilines is 1. The molecule has 2 N–H and O–H groups in total. The molecule has 0 heterocycles. The molecule has 1 aromatic carbocycles. The van der Waals surface area contributed by atoms with Gasteiger partial charge in [0.05, 0.1) is 16.8 Å². The number of hydrogen-bond acceptors (Lipinski definition) is 4. The minimum Gasteiger partial charge on any atom is -0.481 e. The molecule has 3 aliphatic rings. The number of nitro benzene ring substituents is 1. The molecule has 0 radical (unpaired) electrons. The first kappa shape index (κ1) is 14.9. The number of carboxylic acids is 1. The minimum absolute atomic E-state index is 0.0479. The smallest absolute Gasteiger partial charge is 0.307 e. The topological polar surface area (TPSA) is 110 Å². The van der Waals surface area contributed by atoms with E-state index >= 15 is 0 Å². The van der Waals surface area contributed by atoms with Crippen LogP contribution in [0.2, 0.25) is 0 Å². The van der Waals surface area contributed by atoms with E-state index in [1.165, 1.54) is 18.2 Å². The van der Waals surface area contributed by atoms with E-state index in [0.29, 0.717) is 5.69 Å². The van der Waals surface area contributed by atoms with Crippen molar-refractivity contribution in [3.63, 3.8) is 0 Å². The first-order valence-corrected chi connectivity index (χ1v) is 7.90. The molecule has 7 nitrogen and oxygen atoms in total. The van der Waals surface area contributed by atoms with Gasteiger partial charge in [0.25, 0.3) is 5.69 Å². The second-order valence-electron chi connectivity index (χ2n) is 6.86. The Bertz CT molecular complexity index is 783. The molecule has 1 aromatic rings. The Morgan fingerprint density at radius 1 is 1.21 bits per heavy atom. The molecule has 4 rings (SSSR count). The van der Waals surface area contributed by atoms with Crippen molar-refractivity contribution in [1.82, 2.24) is 0 Å². The first-order chi connectivity index (χ1) is 11.4. The summed E-state index contributed by atoms with van der Waals surface area (Å²) >= 11 is 0. The van der Waals surface area contributed by atoms with E-state index in [4.69, 9.17) is 0 Å². The Kier molecular flexibility index (Phi) is 3.03. The summed E-state index contributed by atoms with van der Waals surface area (Å²) in [7, 11) is 0. The Hall–Kier alpha value is -2.70. The normalized spacial score (nSPS) is 31.2. The molecule has 2 fully saturated rings. The van der Waals surface area contributed by atoms with Crippen LogP contribution in [-0.4, -0.2) is 21.9 Å². The maximum absolute atomic E-state index is 12.7. The van der Waals surface area contributed by atoms with Gasteiger partial charge in [0.2, 0.25) is 5.91 Å². The van der Waals surface area contributed by atoms with Crippen LogP contribution in [0, 0.1) is 39.2 Å². The van der Waals surface area contributed by atoms with Crippen LogP contribution in [0.3, 0.4) is 0 Å². The summed E-state index contributed by atoms with van der Waals surface area (Å²) in [4.78, 5) is 34.8. The molecule has 1 amide bonds. The zero-order chi connectivity index (χ0) is 17.1. The van der Waals surface area contributed by atoms with Crippen molar-refractivity contribution in [2.24, 2.45) is 29.1 Å². The molecule has 0 saturated heterocycles. The van der Waals surface area contributed by atoms with E-state index in [-0.39, 0.29) is 28.8 Å². The predicted octanol–water partition coefficient (Wildman–Crippen LogP) is 2.45. The highest BCUT2D eigenvalue weighted by Crippen LogP contribution is 2.72. The molecule has 24 heavy (non-hydrogen) atoms. The highest BCUT2D eigenvalue weighted by atomic mass is 16.6. The number of carbonyl (C=O) groups excluding carboxylic acids is 1. The van der Waals surface area contributed by atoms with E-state index in [2.05, 4.69) is 5.32 Å². The monoisotopic (exact) mass is 328 g/mol. The number of nitrogens with zero attached hydrogens (tertiary/aromatic N) is 1. The molecule has 0 aromatic heterocycles. The Labute approximate surface area is 137 Å². The van der Waals surface area contributed by atoms with Gasteiger partial charge < -0.3 is 10.4 Å². The van der Waals surface area contributed by atoms with Gasteiger partial charge in [-0.1, -0.05) is 18.2 Å². The van der Waals surface area contributed by atoms with Gasteiger partial charge in [-0.15, -0.1) is 0 Å². The van der Waals surface area contributed by atoms with Crippen molar-refractivity contribution in [2.45, 2.75) is 12.8 Å². The van der Waals surface area contributed by atoms with Gasteiger partial charge in [-0.25, -0.2) is 0 Å². The molecule has 4 unspecified atom stereocenters. The lowest BCUT2D eigenvalue weighted by molar-refractivity contribution is -0.384. The van der Waals surface area contributed by atoms with Crippen molar-refractivity contribution in [3.8, 4) is 0 Å². The fourth-order valence-electron chi connectivity index (χ4n) is 4.61. The average molecular weight is 328 g/mol. The molecule has 0 aliphatic heterocycles. The van der Waals surface area contributed by atoms with Gasteiger partial charge in [-0.05, 0) is 36.2 Å². The van der Waals surface area contributed by atoms with Gasteiger partial charge in [0.1, 0.15) is 0 Å². The molecule has 124 valence electrons. The number of nitro groups is 1. The van der Waals surface area contributed by atoms with Crippen molar-refractivity contribution < 1.29 is 19.6 Å². The summed E-state index contributed by atoms with van der Waals surface area (Å²) in [6.07, 6.45) is 5.85. The lowest BCUT2D eigenvalue weighted by atomic mass is 9.82. The maximum Gasteiger partial charge on any atom is 0.307 e. The summed E-state index contributed by atoms with van der Waals surface area (Å²) in [6, 6.07) is 5.68. The average Bonchev–Trinajstić information content (AvgIpc) is 3.20. The first-order valence-electron chi connectivity index (χ1n) is 7.90. The standard InChI is InChI=1S/C17H16N2O5/c20-15(18-9-2-1-3-10(8-9)19(23)24)13-11-4-5-12(14(13)16(21)22)17(11)6-7-17/h1-5,8,11-14H,6-7H2,(H,18,20)(H,21,22). The van der Waals surface area contributed by atoms with Crippen LogP contribution >= 0.6 is 0 Å². The number of carboxylic acid groups (broad SMARTS) is 1. The van der Waals surface area contributed by atoms with Gasteiger partial charge in [-0.3, -0.25) is 19.7 Å². The van der Waals surface area contributed by atoms with Crippen molar-refractivity contribution >= 4 is 23.3 Å². The lowest BCUT2D eigenvalue weighted by Crippen LogP contribution is -2.36. The minimum atomic E-state index is -0.947. The summed E-state index contributed by atoms with van der Waals surface area (Å²) in [6.45, 7) is 0. The number of carbonyl (C=O) groups is 2. The van der Waals surface area contributed by atoms with E-state index in [0.717, 1.165) is 12.8 Å². The third-order valence-electron chi connectivity index (χ3n) is 5.75. The summed E-state index contributed by atoms with van der Waals surface area (Å²) in [5.41, 5.74) is 0.150. The zero-order valence-corrected chi connectivity index (χ0v) is 12.7. The van der Waals surface area contributed by atoms with E-state index in [9.17, 15) is 24.8 Å². The van der Waals surface area contributed by atoms with Gasteiger partial charge >= 0.3 is 5.97 Å². The molecule has 2 bridgehead atoms.